The molecule has 0 saturated heterocycles. The molecule has 140 valence electrons. The van der Waals surface area contributed by atoms with E-state index in [0.29, 0.717) is 27.9 Å². The Labute approximate surface area is 164 Å². The summed E-state index contributed by atoms with van der Waals surface area (Å²) in [7, 11) is 1.56. The van der Waals surface area contributed by atoms with Crippen LogP contribution in [0.5, 0.6) is 5.75 Å². The Morgan fingerprint density at radius 1 is 1.18 bits per heavy atom. The number of hydrogen-bond acceptors (Lipinski definition) is 4. The molecule has 0 saturated carbocycles. The molecule has 4 nitrogen and oxygen atoms in total. The summed E-state index contributed by atoms with van der Waals surface area (Å²) in [5.74, 6) is 0.385. The second-order valence-corrected chi connectivity index (χ2v) is 6.25. The van der Waals surface area contributed by atoms with Crippen LogP contribution in [-0.4, -0.2) is 22.9 Å². The summed E-state index contributed by atoms with van der Waals surface area (Å²) in [6.07, 6.45) is 11.1. The molecule has 0 aliphatic carbocycles. The van der Waals surface area contributed by atoms with Gasteiger partial charge < -0.3 is 4.74 Å². The molecule has 3 aromatic rings. The van der Waals surface area contributed by atoms with Gasteiger partial charge in [-0.05, 0) is 31.1 Å². The Bertz CT molecular complexity index is 1090. The highest BCUT2D eigenvalue weighted by Crippen LogP contribution is 2.36. The number of allylic oxidation sites excluding steroid dienone is 5. The van der Waals surface area contributed by atoms with Crippen molar-refractivity contribution in [2.24, 2.45) is 0 Å². The second-order valence-electron chi connectivity index (χ2n) is 6.25. The zero-order valence-electron chi connectivity index (χ0n) is 16.3. The lowest BCUT2D eigenvalue weighted by molar-refractivity contribution is 0.101. The Kier molecular flexibility index (Phi) is 5.80. The van der Waals surface area contributed by atoms with Crippen molar-refractivity contribution in [1.82, 2.24) is 9.97 Å². The molecule has 0 unspecified atom stereocenters. The van der Waals surface area contributed by atoms with Crippen molar-refractivity contribution in [2.75, 3.05) is 7.11 Å². The first-order chi connectivity index (χ1) is 13.6. The van der Waals surface area contributed by atoms with E-state index in [-0.39, 0.29) is 5.78 Å². The van der Waals surface area contributed by atoms with Crippen LogP contribution >= 0.6 is 0 Å². The van der Waals surface area contributed by atoms with Gasteiger partial charge in [0.1, 0.15) is 5.69 Å². The van der Waals surface area contributed by atoms with E-state index in [1.54, 1.807) is 31.6 Å². The molecule has 0 amide bonds. The van der Waals surface area contributed by atoms with Crippen molar-refractivity contribution in [3.05, 3.63) is 84.7 Å². The smallest absolute Gasteiger partial charge is 0.164 e. The normalized spacial score (nSPS) is 11.8. The molecule has 28 heavy (non-hydrogen) atoms. The van der Waals surface area contributed by atoms with Crippen molar-refractivity contribution in [1.29, 1.82) is 0 Å². The summed E-state index contributed by atoms with van der Waals surface area (Å²) in [6.45, 7) is 7.29. The molecule has 2 aromatic heterocycles. The van der Waals surface area contributed by atoms with Gasteiger partial charge >= 0.3 is 0 Å². The lowest BCUT2D eigenvalue weighted by Gasteiger charge is -2.14. The van der Waals surface area contributed by atoms with Crippen LogP contribution < -0.4 is 4.74 Å². The number of hydrogen-bond donors (Lipinski definition) is 0. The molecule has 0 fully saturated rings. The van der Waals surface area contributed by atoms with Crippen LogP contribution in [0.3, 0.4) is 0 Å². The fourth-order valence-corrected chi connectivity index (χ4v) is 3.21. The van der Waals surface area contributed by atoms with Crippen LogP contribution in [-0.2, 0) is 0 Å². The van der Waals surface area contributed by atoms with E-state index >= 15 is 0 Å². The minimum atomic E-state index is -0.0839. The van der Waals surface area contributed by atoms with Crippen LogP contribution in [0.15, 0.2) is 73.6 Å². The summed E-state index contributed by atoms with van der Waals surface area (Å²) < 4.78 is 5.61. The highest BCUT2D eigenvalue weighted by atomic mass is 16.5. The van der Waals surface area contributed by atoms with E-state index in [1.807, 2.05) is 49.4 Å². The molecule has 0 bridgehead atoms. The van der Waals surface area contributed by atoms with E-state index < -0.39 is 0 Å². The summed E-state index contributed by atoms with van der Waals surface area (Å²) in [5.41, 5.74) is 4.86. The van der Waals surface area contributed by atoms with E-state index in [2.05, 4.69) is 11.6 Å². The Balaban J connectivity index is 2.20. The second kappa shape index (κ2) is 8.44. The number of rotatable bonds is 6. The van der Waals surface area contributed by atoms with Crippen molar-refractivity contribution >= 4 is 22.3 Å². The zero-order valence-corrected chi connectivity index (χ0v) is 16.3. The topological polar surface area (TPSA) is 52.1 Å². The molecule has 1 aromatic carbocycles. The van der Waals surface area contributed by atoms with Gasteiger partial charge in [-0.25, -0.2) is 4.98 Å². The molecular weight excluding hydrogens is 348 g/mol. The fourth-order valence-electron chi connectivity index (χ4n) is 3.21. The van der Waals surface area contributed by atoms with Crippen molar-refractivity contribution in [2.45, 2.75) is 13.8 Å². The van der Waals surface area contributed by atoms with Crippen molar-refractivity contribution < 1.29 is 9.53 Å². The predicted octanol–water partition coefficient (Wildman–Crippen LogP) is 5.65. The van der Waals surface area contributed by atoms with E-state index in [0.717, 1.165) is 16.7 Å². The molecule has 3 rings (SSSR count). The number of aromatic nitrogens is 2. The molecule has 0 radical (unpaired) electrons. The first-order valence-corrected chi connectivity index (χ1v) is 8.99. The van der Waals surface area contributed by atoms with Gasteiger partial charge in [-0.15, -0.1) is 0 Å². The van der Waals surface area contributed by atoms with Crippen LogP contribution in [0.2, 0.25) is 0 Å². The van der Waals surface area contributed by atoms with Crippen LogP contribution in [0.1, 0.15) is 29.8 Å². The first kappa shape index (κ1) is 19.2. The maximum atomic E-state index is 12.3. The number of carbonyl (C=O) groups excluding carboxylic acids is 1. The quantitative estimate of drug-likeness (QED) is 0.415. The average Bonchev–Trinajstić information content (AvgIpc) is 2.72. The summed E-state index contributed by atoms with van der Waals surface area (Å²) in [5, 5.41) is 0.691. The number of pyridine rings is 2. The van der Waals surface area contributed by atoms with Crippen molar-refractivity contribution in [3.63, 3.8) is 0 Å². The fraction of sp³-hybridized carbons (Fsp3) is 0.125. The Morgan fingerprint density at radius 2 is 1.93 bits per heavy atom. The number of ketones is 1. The van der Waals surface area contributed by atoms with E-state index in [9.17, 15) is 4.79 Å². The number of carbonyl (C=O) groups is 1. The summed E-state index contributed by atoms with van der Waals surface area (Å²) in [4.78, 5) is 21.2. The number of Topliss-reactive ketones (excluding diaryl/α,β-unsaturated/α-hetero) is 1. The molecule has 0 aliphatic heterocycles. The zero-order chi connectivity index (χ0) is 20.1. The number of ether oxygens (including phenoxy) is 1. The maximum absolute atomic E-state index is 12.3. The van der Waals surface area contributed by atoms with Gasteiger partial charge in [0.25, 0.3) is 0 Å². The molecule has 0 atom stereocenters. The molecular formula is C24H22N2O2. The Hall–Kier alpha value is -3.53. The van der Waals surface area contributed by atoms with Gasteiger partial charge in [0.15, 0.2) is 11.5 Å². The SMILES string of the molecule is C=C/C=C(\C=C/C)c1ccc(-c2nc3ccncc3c(C(C)=O)c2OC)cc1. The Morgan fingerprint density at radius 3 is 2.54 bits per heavy atom. The van der Waals surface area contributed by atoms with Gasteiger partial charge in [-0.1, -0.05) is 55.1 Å². The van der Waals surface area contributed by atoms with Gasteiger partial charge in [0, 0.05) is 23.3 Å². The third kappa shape index (κ3) is 3.62. The average molecular weight is 370 g/mol. The number of benzene rings is 1. The lowest BCUT2D eigenvalue weighted by Crippen LogP contribution is -2.03. The molecule has 2 heterocycles. The highest BCUT2D eigenvalue weighted by molar-refractivity contribution is 6.10. The lowest BCUT2D eigenvalue weighted by atomic mass is 9.98. The minimum absolute atomic E-state index is 0.0839. The highest BCUT2D eigenvalue weighted by Gasteiger charge is 2.20. The maximum Gasteiger partial charge on any atom is 0.164 e. The largest absolute Gasteiger partial charge is 0.494 e. The first-order valence-electron chi connectivity index (χ1n) is 8.99. The standard InChI is InChI=1S/C24H22N2O2/c1-5-7-17(8-6-2)18-9-11-19(12-10-18)23-24(28-4)22(16(3)27)20-15-25-14-13-21(20)26-23/h5-15H,1H2,2-4H3/b8-6-,17-7+. The minimum Gasteiger partial charge on any atom is -0.494 e. The van der Waals surface area contributed by atoms with Crippen LogP contribution in [0.25, 0.3) is 27.7 Å². The molecule has 0 spiro atoms. The van der Waals surface area contributed by atoms with Gasteiger partial charge in [0.2, 0.25) is 0 Å². The molecule has 4 heteroatoms. The van der Waals surface area contributed by atoms with Gasteiger partial charge in [-0.2, -0.15) is 0 Å². The van der Waals surface area contributed by atoms with Gasteiger partial charge in [-0.3, -0.25) is 9.78 Å². The van der Waals surface area contributed by atoms with E-state index in [4.69, 9.17) is 9.72 Å². The third-order valence-electron chi connectivity index (χ3n) is 4.43. The summed E-state index contributed by atoms with van der Waals surface area (Å²) in [6, 6.07) is 9.82. The monoisotopic (exact) mass is 370 g/mol. The van der Waals surface area contributed by atoms with Gasteiger partial charge in [0.05, 0.1) is 18.2 Å². The van der Waals surface area contributed by atoms with Crippen LogP contribution in [0, 0.1) is 0 Å². The van der Waals surface area contributed by atoms with Crippen molar-refractivity contribution in [3.8, 4) is 17.0 Å². The number of methoxy groups -OCH3 is 1. The summed E-state index contributed by atoms with van der Waals surface area (Å²) >= 11 is 0. The molecule has 0 aliphatic rings. The van der Waals surface area contributed by atoms with Crippen LogP contribution in [0.4, 0.5) is 0 Å². The van der Waals surface area contributed by atoms with E-state index in [1.165, 1.54) is 6.92 Å². The predicted molar refractivity (Wildman–Crippen MR) is 115 cm³/mol. The third-order valence-corrected chi connectivity index (χ3v) is 4.43. The number of nitrogens with zero attached hydrogens (tertiary/aromatic N) is 2. The molecule has 0 N–H and O–H groups in total. The number of fused-ring (bicyclic) bond motifs is 1.